The maximum Gasteiger partial charge on any atom is 0.358 e. The van der Waals surface area contributed by atoms with Gasteiger partial charge in [0.1, 0.15) is 0 Å². The highest BCUT2D eigenvalue weighted by molar-refractivity contribution is 5.86. The number of rotatable bonds is 3. The molecule has 0 saturated heterocycles. The molecule has 94 valence electrons. The Morgan fingerprint density at radius 2 is 2.06 bits per heavy atom. The number of halogens is 2. The number of nitrogens with zero attached hydrogens (tertiary/aromatic N) is 1. The van der Waals surface area contributed by atoms with Gasteiger partial charge in [-0.2, -0.15) is 0 Å². The first-order chi connectivity index (χ1) is 8.39. The molecule has 0 atom stereocenters. The number of aromatic carboxylic acids is 1. The second-order valence-electron chi connectivity index (χ2n) is 3.82. The molecule has 0 aliphatic carbocycles. The largest absolute Gasteiger partial charge is 0.476 e. The summed E-state index contributed by atoms with van der Waals surface area (Å²) in [6.45, 7) is 0.764. The highest BCUT2D eigenvalue weighted by atomic mass is 19.3. The molecule has 0 bridgehead atoms. The van der Waals surface area contributed by atoms with E-state index in [0.717, 1.165) is 13.0 Å². The fraction of sp³-hybridized carbons (Fsp3) is 0.167. The summed E-state index contributed by atoms with van der Waals surface area (Å²) in [5.74, 6) is -4.32. The Morgan fingerprint density at radius 3 is 2.61 bits per heavy atom. The zero-order valence-electron chi connectivity index (χ0n) is 9.35. The van der Waals surface area contributed by atoms with Crippen LogP contribution in [0.2, 0.25) is 0 Å². The summed E-state index contributed by atoms with van der Waals surface area (Å²) in [7, 11) is 0. The number of hydrogen-bond acceptors (Lipinski definition) is 3. The van der Waals surface area contributed by atoms with E-state index in [1.807, 2.05) is 0 Å². The smallest absolute Gasteiger partial charge is 0.358 e. The number of carboxylic acid groups (broad SMARTS) is 1. The minimum absolute atomic E-state index is 0.00419. The Kier molecular flexibility index (Phi) is 2.86. The molecule has 6 heteroatoms. The van der Waals surface area contributed by atoms with Crippen LogP contribution < -0.4 is 0 Å². The monoisotopic (exact) mass is 253 g/mol. The van der Waals surface area contributed by atoms with Crippen LogP contribution in [-0.2, 0) is 5.92 Å². The molecule has 0 spiro atoms. The summed E-state index contributed by atoms with van der Waals surface area (Å²) in [4.78, 5) is 10.7. The predicted octanol–water partition coefficient (Wildman–Crippen LogP) is 3.15. The molecule has 0 amide bonds. The Morgan fingerprint density at radius 1 is 1.39 bits per heavy atom. The zero-order valence-corrected chi connectivity index (χ0v) is 9.35. The van der Waals surface area contributed by atoms with Crippen molar-refractivity contribution < 1.29 is 23.2 Å². The molecule has 4 nitrogen and oxygen atoms in total. The fourth-order valence-corrected chi connectivity index (χ4v) is 1.58. The van der Waals surface area contributed by atoms with Crippen molar-refractivity contribution in [2.45, 2.75) is 12.8 Å². The van der Waals surface area contributed by atoms with Crippen LogP contribution in [0.4, 0.5) is 8.78 Å². The number of hydrogen-bond donors (Lipinski definition) is 1. The topological polar surface area (TPSA) is 63.3 Å². The maximum atomic E-state index is 13.4. The van der Waals surface area contributed by atoms with Crippen molar-refractivity contribution in [2.24, 2.45) is 0 Å². The van der Waals surface area contributed by atoms with Crippen LogP contribution in [-0.4, -0.2) is 16.2 Å². The van der Waals surface area contributed by atoms with Crippen molar-refractivity contribution in [3.05, 3.63) is 41.6 Å². The summed E-state index contributed by atoms with van der Waals surface area (Å²) >= 11 is 0. The van der Waals surface area contributed by atoms with Gasteiger partial charge in [0.15, 0.2) is 11.5 Å². The Hall–Kier alpha value is -2.24. The fourth-order valence-electron chi connectivity index (χ4n) is 1.58. The quantitative estimate of drug-likeness (QED) is 0.912. The zero-order chi connectivity index (χ0) is 13.3. The van der Waals surface area contributed by atoms with E-state index in [-0.39, 0.29) is 22.6 Å². The molecule has 0 aliphatic rings. The van der Waals surface area contributed by atoms with Crippen molar-refractivity contribution in [1.82, 2.24) is 5.16 Å². The molecule has 2 aromatic rings. The van der Waals surface area contributed by atoms with Crippen LogP contribution >= 0.6 is 0 Å². The van der Waals surface area contributed by atoms with Crippen LogP contribution in [0.15, 0.2) is 34.9 Å². The van der Waals surface area contributed by atoms with Crippen molar-refractivity contribution in [2.75, 3.05) is 0 Å². The Bertz CT molecular complexity index is 587. The predicted molar refractivity (Wildman–Crippen MR) is 58.5 cm³/mol. The van der Waals surface area contributed by atoms with Crippen molar-refractivity contribution in [1.29, 1.82) is 0 Å². The molecule has 1 aromatic carbocycles. The highest BCUT2D eigenvalue weighted by Gasteiger charge is 2.29. The SMILES string of the molecule is CC(F)(F)c1ccccc1-c1cc(C(=O)O)no1. The lowest BCUT2D eigenvalue weighted by atomic mass is 10.0. The first kappa shape index (κ1) is 12.2. The van der Waals surface area contributed by atoms with E-state index in [9.17, 15) is 13.6 Å². The number of carbonyl (C=O) groups is 1. The highest BCUT2D eigenvalue weighted by Crippen LogP contribution is 2.35. The third-order valence-corrected chi connectivity index (χ3v) is 2.39. The van der Waals surface area contributed by atoms with Crippen LogP contribution in [0.5, 0.6) is 0 Å². The van der Waals surface area contributed by atoms with E-state index < -0.39 is 11.9 Å². The molecule has 0 saturated carbocycles. The van der Waals surface area contributed by atoms with Gasteiger partial charge in [-0.3, -0.25) is 0 Å². The van der Waals surface area contributed by atoms with Gasteiger partial charge in [-0.1, -0.05) is 29.4 Å². The number of alkyl halides is 2. The first-order valence-electron chi connectivity index (χ1n) is 5.07. The molecular formula is C12H9F2NO3. The molecule has 0 radical (unpaired) electrons. The Balaban J connectivity index is 2.53. The first-order valence-corrected chi connectivity index (χ1v) is 5.07. The molecule has 0 fully saturated rings. The van der Waals surface area contributed by atoms with E-state index in [1.54, 1.807) is 6.07 Å². The number of benzene rings is 1. The van der Waals surface area contributed by atoms with Gasteiger partial charge >= 0.3 is 5.97 Å². The van der Waals surface area contributed by atoms with Gasteiger partial charge in [0.2, 0.25) is 0 Å². The van der Waals surface area contributed by atoms with Crippen LogP contribution in [0.25, 0.3) is 11.3 Å². The third kappa shape index (κ3) is 2.22. The van der Waals surface area contributed by atoms with Gasteiger partial charge in [-0.25, -0.2) is 13.6 Å². The van der Waals surface area contributed by atoms with E-state index in [0.29, 0.717) is 0 Å². The summed E-state index contributed by atoms with van der Waals surface area (Å²) in [6.07, 6.45) is 0. The standard InChI is InChI=1S/C12H9F2NO3/c1-12(13,14)8-5-3-2-4-7(8)10-6-9(11(16)17)15-18-10/h2-6H,1H3,(H,16,17). The van der Waals surface area contributed by atoms with Crippen LogP contribution in [0.1, 0.15) is 23.0 Å². The molecular weight excluding hydrogens is 244 g/mol. The minimum atomic E-state index is -3.05. The molecule has 1 N–H and O–H groups in total. The molecule has 1 heterocycles. The summed E-state index contributed by atoms with van der Waals surface area (Å²) in [5.41, 5.74) is -0.428. The Labute approximate surface area is 101 Å². The lowest BCUT2D eigenvalue weighted by Crippen LogP contribution is -2.08. The van der Waals surface area contributed by atoms with Gasteiger partial charge in [-0.05, 0) is 0 Å². The van der Waals surface area contributed by atoms with Crippen LogP contribution in [0.3, 0.4) is 0 Å². The van der Waals surface area contributed by atoms with E-state index in [2.05, 4.69) is 5.16 Å². The van der Waals surface area contributed by atoms with E-state index in [1.165, 1.54) is 18.2 Å². The van der Waals surface area contributed by atoms with E-state index in [4.69, 9.17) is 9.63 Å². The van der Waals surface area contributed by atoms with Crippen molar-refractivity contribution in [3.63, 3.8) is 0 Å². The molecule has 0 aliphatic heterocycles. The third-order valence-electron chi connectivity index (χ3n) is 2.39. The summed E-state index contributed by atoms with van der Waals surface area (Å²) in [6, 6.07) is 6.85. The van der Waals surface area contributed by atoms with Crippen molar-refractivity contribution in [3.8, 4) is 11.3 Å². The lowest BCUT2D eigenvalue weighted by molar-refractivity contribution is 0.0179. The second-order valence-corrected chi connectivity index (χ2v) is 3.82. The number of aromatic nitrogens is 1. The van der Waals surface area contributed by atoms with Gasteiger partial charge in [0, 0.05) is 24.1 Å². The second kappa shape index (κ2) is 4.21. The maximum absolute atomic E-state index is 13.4. The normalized spacial score (nSPS) is 11.5. The minimum Gasteiger partial charge on any atom is -0.476 e. The van der Waals surface area contributed by atoms with Gasteiger partial charge in [0.25, 0.3) is 5.92 Å². The van der Waals surface area contributed by atoms with Gasteiger partial charge in [0.05, 0.1) is 0 Å². The average molecular weight is 253 g/mol. The summed E-state index contributed by atoms with van der Waals surface area (Å²) < 4.78 is 31.6. The molecule has 2 rings (SSSR count). The van der Waals surface area contributed by atoms with Crippen molar-refractivity contribution >= 4 is 5.97 Å². The molecule has 1 aromatic heterocycles. The van der Waals surface area contributed by atoms with Gasteiger partial charge < -0.3 is 9.63 Å². The average Bonchev–Trinajstić information content (AvgIpc) is 2.77. The van der Waals surface area contributed by atoms with E-state index >= 15 is 0 Å². The molecule has 18 heavy (non-hydrogen) atoms. The van der Waals surface area contributed by atoms with Gasteiger partial charge in [-0.15, -0.1) is 0 Å². The lowest BCUT2D eigenvalue weighted by Gasteiger charge is -2.13. The summed E-state index contributed by atoms with van der Waals surface area (Å²) in [5, 5.41) is 12.0. The van der Waals surface area contributed by atoms with Crippen LogP contribution in [0, 0.1) is 0 Å². The molecule has 0 unspecified atom stereocenters. The number of carboxylic acids is 1.